The average Bonchev–Trinajstić information content (AvgIpc) is 2.88. The van der Waals surface area contributed by atoms with E-state index in [1.165, 1.54) is 18.4 Å². The zero-order valence-electron chi connectivity index (χ0n) is 10.1. The van der Waals surface area contributed by atoms with E-state index < -0.39 is 0 Å². The molecule has 0 aromatic heterocycles. The number of hydrogen-bond donors (Lipinski definition) is 0. The molecular weight excluding hydrogens is 216 g/mol. The van der Waals surface area contributed by atoms with E-state index in [0.717, 1.165) is 25.7 Å². The second-order valence-corrected chi connectivity index (χ2v) is 4.48. The monoisotopic (exact) mass is 236 g/mol. The Hall–Kier alpha value is -0.900. The zero-order valence-corrected chi connectivity index (χ0v) is 10.1. The van der Waals surface area contributed by atoms with Crippen LogP contribution in [0.5, 0.6) is 0 Å². The van der Waals surface area contributed by atoms with Gasteiger partial charge in [-0.25, -0.2) is 9.78 Å². The van der Waals surface area contributed by atoms with Crippen LogP contribution >= 0.6 is 0 Å². The van der Waals surface area contributed by atoms with Gasteiger partial charge < -0.3 is 0 Å². The third kappa shape index (κ3) is 4.86. The van der Waals surface area contributed by atoms with E-state index in [-0.39, 0.29) is 6.10 Å². The molecule has 0 saturated heterocycles. The van der Waals surface area contributed by atoms with E-state index in [2.05, 4.69) is 24.3 Å². The highest BCUT2D eigenvalue weighted by Crippen LogP contribution is 2.20. The summed E-state index contributed by atoms with van der Waals surface area (Å²) in [5.41, 5.74) is 1.33. The Bertz CT molecular complexity index is 294. The maximum absolute atomic E-state index is 5.13. The Labute approximate surface area is 103 Å². The summed E-state index contributed by atoms with van der Waals surface area (Å²) < 4.78 is 0. The molecule has 94 valence electrons. The molecule has 0 radical (unpaired) electrons. The van der Waals surface area contributed by atoms with Gasteiger partial charge in [0.1, 0.15) is 0 Å². The minimum atomic E-state index is 0.240. The molecule has 0 aliphatic heterocycles. The van der Waals surface area contributed by atoms with Gasteiger partial charge >= 0.3 is 0 Å². The molecule has 0 unspecified atom stereocenters. The van der Waals surface area contributed by atoms with Crippen molar-refractivity contribution < 1.29 is 14.8 Å². The summed E-state index contributed by atoms with van der Waals surface area (Å²) in [5, 5.41) is 4.76. The Morgan fingerprint density at radius 2 is 1.82 bits per heavy atom. The first-order valence-corrected chi connectivity index (χ1v) is 6.44. The predicted molar refractivity (Wildman–Crippen MR) is 65.1 cm³/mol. The van der Waals surface area contributed by atoms with E-state index in [1.807, 2.05) is 6.07 Å². The van der Waals surface area contributed by atoms with Gasteiger partial charge in [0.15, 0.2) is 0 Å². The van der Waals surface area contributed by atoms with Gasteiger partial charge in [-0.15, -0.1) is 0 Å². The average molecular weight is 236 g/mol. The molecule has 0 atom stereocenters. The summed E-state index contributed by atoms with van der Waals surface area (Å²) in [5.74, 6) is 0. The molecule has 1 aromatic rings. The van der Waals surface area contributed by atoms with Gasteiger partial charge in [-0.2, -0.15) is 0 Å². The van der Waals surface area contributed by atoms with E-state index in [9.17, 15) is 0 Å². The van der Waals surface area contributed by atoms with Crippen molar-refractivity contribution in [2.24, 2.45) is 0 Å². The largest absolute Gasteiger partial charge is 0.206 e. The summed E-state index contributed by atoms with van der Waals surface area (Å²) in [7, 11) is 0. The van der Waals surface area contributed by atoms with Crippen molar-refractivity contribution in [3.63, 3.8) is 0 Å². The van der Waals surface area contributed by atoms with Crippen molar-refractivity contribution in [1.29, 1.82) is 0 Å². The molecule has 1 aliphatic rings. The first-order valence-electron chi connectivity index (χ1n) is 6.44. The SMILES string of the molecule is c1ccc(CCCOOOC2CCCC2)cc1. The van der Waals surface area contributed by atoms with Crippen molar-refractivity contribution in [2.75, 3.05) is 6.61 Å². The Morgan fingerprint density at radius 1 is 1.06 bits per heavy atom. The van der Waals surface area contributed by atoms with Gasteiger partial charge in [-0.05, 0) is 31.2 Å². The molecule has 1 fully saturated rings. The molecule has 3 nitrogen and oxygen atoms in total. The molecule has 0 amide bonds. The van der Waals surface area contributed by atoms with Crippen LogP contribution in [-0.2, 0) is 21.2 Å². The number of aryl methyl sites for hydroxylation is 1. The minimum Gasteiger partial charge on any atom is -0.206 e. The number of benzene rings is 1. The standard InChI is InChI=1S/C14H20O3/c1-2-7-13(8-3-1)9-6-12-15-17-16-14-10-4-5-11-14/h1-3,7-8,14H,4-6,9-12H2. The topological polar surface area (TPSA) is 27.7 Å². The molecule has 1 aromatic carbocycles. The molecule has 17 heavy (non-hydrogen) atoms. The summed E-state index contributed by atoms with van der Waals surface area (Å²) in [6, 6.07) is 10.4. The molecule has 0 bridgehead atoms. The van der Waals surface area contributed by atoms with Gasteiger partial charge in [0.05, 0.1) is 12.7 Å². The quantitative estimate of drug-likeness (QED) is 0.412. The highest BCUT2D eigenvalue weighted by Gasteiger charge is 2.16. The van der Waals surface area contributed by atoms with Gasteiger partial charge in [-0.3, -0.25) is 0 Å². The molecule has 1 saturated carbocycles. The molecule has 0 heterocycles. The lowest BCUT2D eigenvalue weighted by atomic mass is 10.1. The number of hydrogen-bond acceptors (Lipinski definition) is 3. The zero-order chi connectivity index (χ0) is 11.8. The molecular formula is C14H20O3. The van der Waals surface area contributed by atoms with Crippen molar-refractivity contribution >= 4 is 0 Å². The molecule has 0 N–H and O–H groups in total. The third-order valence-corrected chi connectivity index (χ3v) is 3.06. The van der Waals surface area contributed by atoms with Crippen LogP contribution in [0.1, 0.15) is 37.7 Å². The normalized spacial score (nSPS) is 16.5. The fraction of sp³-hybridized carbons (Fsp3) is 0.571. The highest BCUT2D eigenvalue weighted by atomic mass is 17.5. The molecule has 3 heteroatoms. The minimum absolute atomic E-state index is 0.240. The molecule has 1 aliphatic carbocycles. The van der Waals surface area contributed by atoms with Crippen LogP contribution in [0.3, 0.4) is 0 Å². The summed E-state index contributed by atoms with van der Waals surface area (Å²) in [4.78, 5) is 10.1. The van der Waals surface area contributed by atoms with Gasteiger partial charge in [-0.1, -0.05) is 48.2 Å². The Balaban J connectivity index is 1.46. The Morgan fingerprint density at radius 3 is 2.59 bits per heavy atom. The van der Waals surface area contributed by atoms with Crippen molar-refractivity contribution in [3.8, 4) is 0 Å². The van der Waals surface area contributed by atoms with Gasteiger partial charge in [0.2, 0.25) is 0 Å². The van der Waals surface area contributed by atoms with Crippen LogP contribution in [0.15, 0.2) is 30.3 Å². The maximum atomic E-state index is 5.13. The first kappa shape index (κ1) is 12.6. The van der Waals surface area contributed by atoms with Gasteiger partial charge in [0.25, 0.3) is 0 Å². The van der Waals surface area contributed by atoms with Crippen molar-refractivity contribution in [1.82, 2.24) is 0 Å². The predicted octanol–water partition coefficient (Wildman–Crippen LogP) is 3.44. The Kier molecular flexibility index (Phi) is 5.49. The second kappa shape index (κ2) is 7.43. The molecule has 2 rings (SSSR count). The first-order chi connectivity index (χ1) is 8.45. The van der Waals surface area contributed by atoms with Crippen LogP contribution in [0, 0.1) is 0 Å². The summed E-state index contributed by atoms with van der Waals surface area (Å²) in [6.45, 7) is 0.571. The lowest BCUT2D eigenvalue weighted by Crippen LogP contribution is -2.09. The number of rotatable bonds is 7. The van der Waals surface area contributed by atoms with E-state index in [4.69, 9.17) is 14.8 Å². The lowest BCUT2D eigenvalue weighted by Gasteiger charge is -2.08. The lowest BCUT2D eigenvalue weighted by molar-refractivity contribution is -0.525. The smallest absolute Gasteiger partial charge is 0.0961 e. The van der Waals surface area contributed by atoms with E-state index >= 15 is 0 Å². The van der Waals surface area contributed by atoms with E-state index in [1.54, 1.807) is 0 Å². The second-order valence-electron chi connectivity index (χ2n) is 4.48. The fourth-order valence-electron chi connectivity index (χ4n) is 2.08. The molecule has 0 spiro atoms. The van der Waals surface area contributed by atoms with Crippen LogP contribution < -0.4 is 0 Å². The van der Waals surface area contributed by atoms with Crippen LogP contribution in [0.4, 0.5) is 0 Å². The highest BCUT2D eigenvalue weighted by molar-refractivity contribution is 5.14. The third-order valence-electron chi connectivity index (χ3n) is 3.06. The maximum Gasteiger partial charge on any atom is 0.0961 e. The van der Waals surface area contributed by atoms with Crippen LogP contribution in [-0.4, -0.2) is 12.7 Å². The van der Waals surface area contributed by atoms with Crippen molar-refractivity contribution in [3.05, 3.63) is 35.9 Å². The van der Waals surface area contributed by atoms with E-state index in [0.29, 0.717) is 6.61 Å². The van der Waals surface area contributed by atoms with Crippen LogP contribution in [0.2, 0.25) is 0 Å². The summed E-state index contributed by atoms with van der Waals surface area (Å²) >= 11 is 0. The van der Waals surface area contributed by atoms with Crippen LogP contribution in [0.25, 0.3) is 0 Å². The fourth-order valence-corrected chi connectivity index (χ4v) is 2.08. The van der Waals surface area contributed by atoms with Gasteiger partial charge in [0, 0.05) is 0 Å². The summed E-state index contributed by atoms with van der Waals surface area (Å²) in [6.07, 6.45) is 6.85. The van der Waals surface area contributed by atoms with Crippen molar-refractivity contribution in [2.45, 2.75) is 44.6 Å².